The molecule has 1 heterocycles. The minimum atomic E-state index is -0.294. The standard InChI is InChI=1S/C24H21ClN2OS/c1-15-5-9-17(10-6-15)22-19(13-26)24(27-20-3-2-4-21(28)23(20)22)29-14-16-7-11-18(25)12-8-16/h5-12,22,27H,2-4,14H2,1H3/t22-/m1/s1. The van der Waals surface area contributed by atoms with E-state index in [1.165, 1.54) is 0 Å². The van der Waals surface area contributed by atoms with Gasteiger partial charge >= 0.3 is 0 Å². The first-order valence-electron chi connectivity index (χ1n) is 9.68. The molecule has 1 atom stereocenters. The van der Waals surface area contributed by atoms with Crippen LogP contribution >= 0.6 is 23.4 Å². The molecular weight excluding hydrogens is 400 g/mol. The molecule has 1 aliphatic heterocycles. The lowest BCUT2D eigenvalue weighted by Gasteiger charge is -2.33. The van der Waals surface area contributed by atoms with Crippen LogP contribution in [-0.2, 0) is 10.5 Å². The Balaban J connectivity index is 1.72. The number of nitrogens with zero attached hydrogens (tertiary/aromatic N) is 1. The highest BCUT2D eigenvalue weighted by Crippen LogP contribution is 2.44. The highest BCUT2D eigenvalue weighted by atomic mass is 35.5. The van der Waals surface area contributed by atoms with Crippen LogP contribution in [0.4, 0.5) is 0 Å². The molecule has 29 heavy (non-hydrogen) atoms. The maximum Gasteiger partial charge on any atom is 0.161 e. The lowest BCUT2D eigenvalue weighted by atomic mass is 9.77. The minimum Gasteiger partial charge on any atom is -0.352 e. The number of benzene rings is 2. The van der Waals surface area contributed by atoms with E-state index >= 15 is 0 Å². The molecule has 2 aliphatic rings. The van der Waals surface area contributed by atoms with Gasteiger partial charge in [-0.2, -0.15) is 5.26 Å². The monoisotopic (exact) mass is 420 g/mol. The molecule has 1 aliphatic carbocycles. The molecule has 0 bridgehead atoms. The summed E-state index contributed by atoms with van der Waals surface area (Å²) < 4.78 is 0. The van der Waals surface area contributed by atoms with Gasteiger partial charge in [0.25, 0.3) is 0 Å². The fourth-order valence-electron chi connectivity index (χ4n) is 3.87. The molecule has 2 aromatic carbocycles. The molecule has 0 radical (unpaired) electrons. The van der Waals surface area contributed by atoms with Crippen LogP contribution in [-0.4, -0.2) is 5.78 Å². The van der Waals surface area contributed by atoms with Crippen molar-refractivity contribution in [3.8, 4) is 6.07 Å². The minimum absolute atomic E-state index is 0.152. The van der Waals surface area contributed by atoms with Crippen LogP contribution in [0.1, 0.15) is 41.9 Å². The lowest BCUT2D eigenvalue weighted by Crippen LogP contribution is -2.31. The van der Waals surface area contributed by atoms with Crippen LogP contribution in [0, 0.1) is 18.3 Å². The number of allylic oxidation sites excluding steroid dienone is 3. The zero-order chi connectivity index (χ0) is 20.4. The first kappa shape index (κ1) is 19.8. The number of rotatable bonds is 4. The SMILES string of the molecule is Cc1ccc([C@@H]2C(C#N)=C(SCc3ccc(Cl)cc3)NC3=C2C(=O)CCC3)cc1. The maximum absolute atomic E-state index is 12.8. The van der Waals surface area contributed by atoms with Gasteiger partial charge in [0.2, 0.25) is 0 Å². The predicted molar refractivity (Wildman–Crippen MR) is 118 cm³/mol. The van der Waals surface area contributed by atoms with Crippen LogP contribution in [0.15, 0.2) is 70.4 Å². The Morgan fingerprint density at radius 3 is 2.55 bits per heavy atom. The van der Waals surface area contributed by atoms with Crippen molar-refractivity contribution in [1.82, 2.24) is 5.32 Å². The van der Waals surface area contributed by atoms with Gasteiger partial charge in [-0.1, -0.05) is 53.6 Å². The Kier molecular flexibility index (Phi) is 5.80. The zero-order valence-corrected chi connectivity index (χ0v) is 17.7. The molecule has 5 heteroatoms. The average Bonchev–Trinajstić information content (AvgIpc) is 2.73. The molecule has 0 aromatic heterocycles. The maximum atomic E-state index is 12.8. The van der Waals surface area contributed by atoms with Gasteiger partial charge < -0.3 is 5.32 Å². The highest BCUT2D eigenvalue weighted by Gasteiger charge is 2.36. The van der Waals surface area contributed by atoms with Gasteiger partial charge in [-0.25, -0.2) is 0 Å². The molecule has 0 unspecified atom stereocenters. The number of dihydropyridines is 1. The zero-order valence-electron chi connectivity index (χ0n) is 16.2. The Morgan fingerprint density at radius 2 is 1.86 bits per heavy atom. The number of ketones is 1. The lowest BCUT2D eigenvalue weighted by molar-refractivity contribution is -0.116. The van der Waals surface area contributed by atoms with Gasteiger partial charge in [0, 0.05) is 28.5 Å². The number of nitriles is 1. The Hall–Kier alpha value is -2.48. The molecule has 0 fully saturated rings. The summed E-state index contributed by atoms with van der Waals surface area (Å²) in [6, 6.07) is 18.3. The number of halogens is 1. The molecule has 3 nitrogen and oxygen atoms in total. The third-order valence-electron chi connectivity index (χ3n) is 5.37. The van der Waals surface area contributed by atoms with Crippen LogP contribution in [0.25, 0.3) is 0 Å². The average molecular weight is 421 g/mol. The van der Waals surface area contributed by atoms with E-state index in [1.807, 2.05) is 55.5 Å². The van der Waals surface area contributed by atoms with Crippen LogP contribution in [0.5, 0.6) is 0 Å². The van der Waals surface area contributed by atoms with Crippen LogP contribution < -0.4 is 5.32 Å². The van der Waals surface area contributed by atoms with Gasteiger partial charge in [0.1, 0.15) is 0 Å². The second-order valence-electron chi connectivity index (χ2n) is 7.41. The van der Waals surface area contributed by atoms with Crippen molar-refractivity contribution >= 4 is 29.1 Å². The second-order valence-corrected chi connectivity index (χ2v) is 8.83. The molecule has 0 saturated carbocycles. The first-order valence-corrected chi connectivity index (χ1v) is 11.0. The van der Waals surface area contributed by atoms with E-state index in [0.29, 0.717) is 17.0 Å². The summed E-state index contributed by atoms with van der Waals surface area (Å²) in [5.41, 5.74) is 5.67. The van der Waals surface area contributed by atoms with Crippen molar-refractivity contribution in [1.29, 1.82) is 5.26 Å². The van der Waals surface area contributed by atoms with E-state index in [1.54, 1.807) is 11.8 Å². The molecule has 0 spiro atoms. The van der Waals surface area contributed by atoms with Gasteiger partial charge in [-0.3, -0.25) is 4.79 Å². The second kappa shape index (κ2) is 8.49. The summed E-state index contributed by atoms with van der Waals surface area (Å²) in [6.07, 6.45) is 2.24. The summed E-state index contributed by atoms with van der Waals surface area (Å²) in [5.74, 6) is 0.582. The Morgan fingerprint density at radius 1 is 1.14 bits per heavy atom. The number of carbonyl (C=O) groups is 1. The Labute approximate surface area is 180 Å². The number of aryl methyl sites for hydroxylation is 1. The normalized spacial score (nSPS) is 18.9. The molecule has 4 rings (SSSR count). The van der Waals surface area contributed by atoms with Crippen molar-refractivity contribution in [2.75, 3.05) is 0 Å². The molecular formula is C24H21ClN2OS. The molecule has 146 valence electrons. The third-order valence-corrected chi connectivity index (χ3v) is 6.71. The van der Waals surface area contributed by atoms with Crippen molar-refractivity contribution in [2.45, 2.75) is 37.9 Å². The number of carbonyl (C=O) groups excluding carboxylic acids is 1. The number of Topliss-reactive ketones (excluding diaryl/α,β-unsaturated/α-hetero) is 1. The van der Waals surface area contributed by atoms with Crippen LogP contribution in [0.2, 0.25) is 5.02 Å². The van der Waals surface area contributed by atoms with E-state index in [-0.39, 0.29) is 11.7 Å². The van der Waals surface area contributed by atoms with Gasteiger partial charge in [-0.05, 0) is 43.0 Å². The summed E-state index contributed by atoms with van der Waals surface area (Å²) in [7, 11) is 0. The third kappa shape index (κ3) is 4.12. The molecule has 0 amide bonds. The van der Waals surface area contributed by atoms with Gasteiger partial charge in [0.15, 0.2) is 5.78 Å². The van der Waals surface area contributed by atoms with E-state index in [4.69, 9.17) is 11.6 Å². The van der Waals surface area contributed by atoms with Crippen molar-refractivity contribution in [3.05, 3.63) is 92.1 Å². The predicted octanol–water partition coefficient (Wildman–Crippen LogP) is 6.01. The number of hydrogen-bond donors (Lipinski definition) is 1. The largest absolute Gasteiger partial charge is 0.352 e. The summed E-state index contributed by atoms with van der Waals surface area (Å²) in [4.78, 5) is 12.8. The quantitative estimate of drug-likeness (QED) is 0.657. The molecule has 1 N–H and O–H groups in total. The van der Waals surface area contributed by atoms with E-state index < -0.39 is 0 Å². The summed E-state index contributed by atoms with van der Waals surface area (Å²) >= 11 is 7.59. The number of hydrogen-bond acceptors (Lipinski definition) is 4. The van der Waals surface area contributed by atoms with Gasteiger partial charge in [-0.15, -0.1) is 11.8 Å². The smallest absolute Gasteiger partial charge is 0.161 e. The molecule has 2 aromatic rings. The van der Waals surface area contributed by atoms with Crippen molar-refractivity contribution < 1.29 is 4.79 Å². The van der Waals surface area contributed by atoms with Crippen molar-refractivity contribution in [3.63, 3.8) is 0 Å². The number of nitrogens with one attached hydrogen (secondary N) is 1. The van der Waals surface area contributed by atoms with E-state index in [0.717, 1.165) is 51.6 Å². The van der Waals surface area contributed by atoms with E-state index in [2.05, 4.69) is 11.4 Å². The highest BCUT2D eigenvalue weighted by molar-refractivity contribution is 8.02. The van der Waals surface area contributed by atoms with Crippen LogP contribution in [0.3, 0.4) is 0 Å². The fraction of sp³-hybridized carbons (Fsp3) is 0.250. The first-order chi connectivity index (χ1) is 14.1. The number of thioether (sulfide) groups is 1. The topological polar surface area (TPSA) is 52.9 Å². The summed E-state index contributed by atoms with van der Waals surface area (Å²) in [5, 5.41) is 15.0. The molecule has 0 saturated heterocycles. The van der Waals surface area contributed by atoms with Gasteiger partial charge in [0.05, 0.1) is 22.6 Å². The Bertz CT molecular complexity index is 1050. The summed E-state index contributed by atoms with van der Waals surface area (Å²) in [6.45, 7) is 2.04. The van der Waals surface area contributed by atoms with E-state index in [9.17, 15) is 10.1 Å². The van der Waals surface area contributed by atoms with Crippen molar-refractivity contribution in [2.24, 2.45) is 0 Å². The fourth-order valence-corrected chi connectivity index (χ4v) is 5.01.